The van der Waals surface area contributed by atoms with Crippen molar-refractivity contribution in [2.75, 3.05) is 0 Å². The number of rotatable bonds is 0. The topological polar surface area (TPSA) is 58.6 Å². The summed E-state index contributed by atoms with van der Waals surface area (Å²) in [5, 5.41) is 10.9. The second kappa shape index (κ2) is 3.11. The highest BCUT2D eigenvalue weighted by Crippen LogP contribution is 2.42. The van der Waals surface area contributed by atoms with Crippen LogP contribution in [0.25, 0.3) is 0 Å². The van der Waals surface area contributed by atoms with Gasteiger partial charge in [-0.15, -0.1) is 0 Å². The maximum absolute atomic E-state index is 12.7. The molecular weight excluding hydrogens is 227 g/mol. The molecule has 0 aliphatic carbocycles. The van der Waals surface area contributed by atoms with Crippen LogP contribution in [0.2, 0.25) is 0 Å². The second-order valence-electron chi connectivity index (χ2n) is 3.22. The first-order chi connectivity index (χ1) is 7.34. The predicted octanol–water partition coefficient (Wildman–Crippen LogP) is 1.50. The first-order valence-corrected chi connectivity index (χ1v) is 4.23. The molecule has 1 aliphatic rings. The molecule has 2 N–H and O–H groups in total. The van der Waals surface area contributed by atoms with Gasteiger partial charge in [-0.05, 0) is 6.07 Å². The van der Waals surface area contributed by atoms with Crippen molar-refractivity contribution in [2.24, 2.45) is 0 Å². The largest absolute Gasteiger partial charge is 0.441 e. The Hall–Kier alpha value is -1.76. The lowest BCUT2D eigenvalue weighted by atomic mass is 10.00. The molecule has 0 aromatic heterocycles. The highest BCUT2D eigenvalue weighted by molar-refractivity contribution is 5.75. The fraction of sp³-hybridized carbons (Fsp3) is 0.222. The molecular formula is C9H6F3NO3. The summed E-state index contributed by atoms with van der Waals surface area (Å²) >= 11 is 0. The van der Waals surface area contributed by atoms with E-state index in [0.29, 0.717) is 0 Å². The van der Waals surface area contributed by atoms with Crippen LogP contribution in [0, 0.1) is 0 Å². The molecule has 1 aromatic carbocycles. The number of halogens is 3. The van der Waals surface area contributed by atoms with Crippen molar-refractivity contribution in [1.29, 1.82) is 0 Å². The lowest BCUT2D eigenvalue weighted by Gasteiger charge is -2.35. The van der Waals surface area contributed by atoms with Gasteiger partial charge in [-0.3, -0.25) is 5.32 Å². The average Bonchev–Trinajstić information content (AvgIpc) is 2.15. The third kappa shape index (κ3) is 1.40. The van der Waals surface area contributed by atoms with Gasteiger partial charge in [-0.1, -0.05) is 18.2 Å². The molecule has 1 aliphatic heterocycles. The van der Waals surface area contributed by atoms with E-state index in [4.69, 9.17) is 0 Å². The third-order valence-electron chi connectivity index (χ3n) is 2.17. The number of hydrogen-bond donors (Lipinski definition) is 2. The van der Waals surface area contributed by atoms with E-state index in [9.17, 15) is 23.1 Å². The summed E-state index contributed by atoms with van der Waals surface area (Å²) in [6.45, 7) is 0. The summed E-state index contributed by atoms with van der Waals surface area (Å²) in [4.78, 5) is 10.9. The normalized spacial score (nSPS) is 24.4. The first kappa shape index (κ1) is 10.7. The zero-order chi connectivity index (χ0) is 12.0. The van der Waals surface area contributed by atoms with Crippen LogP contribution < -0.4 is 10.1 Å². The molecule has 2 rings (SSSR count). The number of aliphatic hydroxyl groups is 1. The maximum atomic E-state index is 12.7. The molecule has 0 spiro atoms. The smallest absolute Gasteiger partial charge is 0.410 e. The van der Waals surface area contributed by atoms with E-state index in [2.05, 4.69) is 4.74 Å². The Bertz CT molecular complexity index is 446. The number of alkyl halides is 3. The number of ether oxygens (including phenoxy) is 1. The molecule has 0 bridgehead atoms. The molecule has 0 radical (unpaired) electrons. The molecule has 4 nitrogen and oxygen atoms in total. The zero-order valence-electron chi connectivity index (χ0n) is 7.71. The molecule has 1 atom stereocenters. The number of carbonyl (C=O) groups is 1. The van der Waals surface area contributed by atoms with Gasteiger partial charge in [0.25, 0.3) is 5.72 Å². The standard InChI is InChI=1S/C9H6F3NO3/c10-9(11,12)8(15)5-3-1-2-4-6(5)16-7(14)13-8/h1-4,15H,(H,13,14). The van der Waals surface area contributed by atoms with Crippen molar-refractivity contribution >= 4 is 6.09 Å². The fourth-order valence-corrected chi connectivity index (χ4v) is 1.42. The average molecular weight is 233 g/mol. The summed E-state index contributed by atoms with van der Waals surface area (Å²) in [7, 11) is 0. The highest BCUT2D eigenvalue weighted by atomic mass is 19.4. The van der Waals surface area contributed by atoms with Crippen LogP contribution in [-0.2, 0) is 5.72 Å². The quantitative estimate of drug-likeness (QED) is 0.713. The van der Waals surface area contributed by atoms with Crippen molar-refractivity contribution in [1.82, 2.24) is 5.32 Å². The SMILES string of the molecule is O=C1NC(O)(C(F)(F)F)c2ccccc2O1. The Morgan fingerprint density at radius 1 is 1.31 bits per heavy atom. The summed E-state index contributed by atoms with van der Waals surface area (Å²) < 4.78 is 42.5. The van der Waals surface area contributed by atoms with Crippen LogP contribution in [0.3, 0.4) is 0 Å². The Labute approximate surface area is 87.6 Å². The van der Waals surface area contributed by atoms with E-state index in [1.54, 1.807) is 0 Å². The van der Waals surface area contributed by atoms with E-state index in [1.807, 2.05) is 0 Å². The van der Waals surface area contributed by atoms with Crippen molar-refractivity contribution in [3.63, 3.8) is 0 Å². The Morgan fingerprint density at radius 3 is 2.56 bits per heavy atom. The van der Waals surface area contributed by atoms with Crippen LogP contribution in [-0.4, -0.2) is 17.4 Å². The minimum absolute atomic E-state index is 0.314. The number of benzene rings is 1. The first-order valence-electron chi connectivity index (χ1n) is 4.23. The van der Waals surface area contributed by atoms with Crippen LogP contribution >= 0.6 is 0 Å². The van der Waals surface area contributed by atoms with Gasteiger partial charge in [0.15, 0.2) is 0 Å². The van der Waals surface area contributed by atoms with Gasteiger partial charge < -0.3 is 9.84 Å². The number of hydrogen-bond acceptors (Lipinski definition) is 3. The van der Waals surface area contributed by atoms with Crippen LogP contribution in [0.5, 0.6) is 5.75 Å². The number of amides is 1. The van der Waals surface area contributed by atoms with Crippen molar-refractivity contribution < 1.29 is 27.8 Å². The molecule has 0 saturated heterocycles. The van der Waals surface area contributed by atoms with E-state index in [-0.39, 0.29) is 5.75 Å². The summed E-state index contributed by atoms with van der Waals surface area (Å²) in [5.74, 6) is -0.314. The van der Waals surface area contributed by atoms with E-state index in [1.165, 1.54) is 23.5 Å². The number of fused-ring (bicyclic) bond motifs is 1. The number of para-hydroxylation sites is 1. The molecule has 1 amide bonds. The summed E-state index contributed by atoms with van der Waals surface area (Å²) in [6.07, 6.45) is -6.37. The van der Waals surface area contributed by atoms with Crippen LogP contribution in [0.4, 0.5) is 18.0 Å². The van der Waals surface area contributed by atoms with Crippen molar-refractivity contribution in [2.45, 2.75) is 11.9 Å². The van der Waals surface area contributed by atoms with Gasteiger partial charge in [-0.25, -0.2) is 4.79 Å². The van der Waals surface area contributed by atoms with Crippen molar-refractivity contribution in [3.05, 3.63) is 29.8 Å². The molecule has 0 fully saturated rings. The Balaban J connectivity index is 2.61. The maximum Gasteiger partial charge on any atom is 0.441 e. The predicted molar refractivity (Wildman–Crippen MR) is 45.6 cm³/mol. The van der Waals surface area contributed by atoms with Crippen LogP contribution in [0.15, 0.2) is 24.3 Å². The lowest BCUT2D eigenvalue weighted by Crippen LogP contribution is -2.59. The fourth-order valence-electron chi connectivity index (χ4n) is 1.42. The van der Waals surface area contributed by atoms with E-state index < -0.39 is 23.6 Å². The van der Waals surface area contributed by atoms with Gasteiger partial charge in [-0.2, -0.15) is 13.2 Å². The Kier molecular flexibility index (Phi) is 2.09. The lowest BCUT2D eigenvalue weighted by molar-refractivity contribution is -0.278. The molecule has 16 heavy (non-hydrogen) atoms. The zero-order valence-corrected chi connectivity index (χ0v) is 7.71. The van der Waals surface area contributed by atoms with Gasteiger partial charge in [0.1, 0.15) is 5.75 Å². The Morgan fingerprint density at radius 2 is 1.94 bits per heavy atom. The third-order valence-corrected chi connectivity index (χ3v) is 2.17. The molecule has 86 valence electrons. The summed E-state index contributed by atoms with van der Waals surface area (Å²) in [6, 6.07) is 4.90. The van der Waals surface area contributed by atoms with Gasteiger partial charge >= 0.3 is 12.3 Å². The minimum atomic E-state index is -5.03. The number of nitrogens with one attached hydrogen (secondary N) is 1. The highest BCUT2D eigenvalue weighted by Gasteiger charge is 2.59. The molecule has 7 heteroatoms. The van der Waals surface area contributed by atoms with Gasteiger partial charge in [0.2, 0.25) is 0 Å². The molecule has 1 unspecified atom stereocenters. The monoisotopic (exact) mass is 233 g/mol. The number of carbonyl (C=O) groups excluding carboxylic acids is 1. The van der Waals surface area contributed by atoms with Crippen LogP contribution in [0.1, 0.15) is 5.56 Å². The summed E-state index contributed by atoms with van der Waals surface area (Å²) in [5.41, 5.74) is -3.94. The van der Waals surface area contributed by atoms with Crippen molar-refractivity contribution in [3.8, 4) is 5.75 Å². The minimum Gasteiger partial charge on any atom is -0.410 e. The van der Waals surface area contributed by atoms with Gasteiger partial charge in [0.05, 0.1) is 5.56 Å². The van der Waals surface area contributed by atoms with E-state index in [0.717, 1.165) is 6.07 Å². The molecule has 0 saturated carbocycles. The second-order valence-corrected chi connectivity index (χ2v) is 3.22. The van der Waals surface area contributed by atoms with E-state index >= 15 is 0 Å². The molecule has 1 heterocycles. The van der Waals surface area contributed by atoms with Gasteiger partial charge in [0, 0.05) is 0 Å². The molecule has 1 aromatic rings.